The number of hydrogen-bond acceptors (Lipinski definition) is 11. The van der Waals surface area contributed by atoms with Crippen molar-refractivity contribution in [3.63, 3.8) is 0 Å². The van der Waals surface area contributed by atoms with Crippen molar-refractivity contribution in [3.8, 4) is 0 Å². The van der Waals surface area contributed by atoms with Crippen LogP contribution in [0, 0.1) is 0 Å². The lowest BCUT2D eigenvalue weighted by atomic mass is 9.85. The highest BCUT2D eigenvalue weighted by atomic mass is 31.2. The SMILES string of the molecule is CCCCCCCCCCCC/C=C\CCCCCCCC(O)CC(=O)NC(COP(=O)(O)OC1C(O)C(O)C(O)C(O)C1O)C(O)/C=C/CCCCCCCCCCCCCCCCCCCC. The van der Waals surface area contributed by atoms with Crippen LogP contribution in [0.2, 0.25) is 0 Å². The van der Waals surface area contributed by atoms with Gasteiger partial charge in [0.1, 0.15) is 36.6 Å². The van der Waals surface area contributed by atoms with Crippen molar-refractivity contribution < 1.29 is 59.0 Å². The number of nitrogens with one attached hydrogen (secondary N) is 1. The second-order valence-corrected chi connectivity index (χ2v) is 21.7. The number of phosphoric acid groups is 1. The third kappa shape index (κ3) is 35.6. The molecular formula is C55H106NO12P. The zero-order valence-electron chi connectivity index (χ0n) is 43.7. The van der Waals surface area contributed by atoms with Crippen LogP contribution in [0.4, 0.5) is 0 Å². The summed E-state index contributed by atoms with van der Waals surface area (Å²) >= 11 is 0. The zero-order chi connectivity index (χ0) is 50.8. The molecule has 0 radical (unpaired) electrons. The number of carbonyl (C=O) groups is 1. The summed E-state index contributed by atoms with van der Waals surface area (Å²) in [4.78, 5) is 23.6. The minimum Gasteiger partial charge on any atom is -0.393 e. The molecule has 8 atom stereocenters. The predicted octanol–water partition coefficient (Wildman–Crippen LogP) is 11.5. The van der Waals surface area contributed by atoms with Crippen LogP contribution in [0.5, 0.6) is 0 Å². The largest absolute Gasteiger partial charge is 0.472 e. The molecule has 0 bridgehead atoms. The number of rotatable bonds is 48. The second kappa shape index (κ2) is 44.3. The maximum Gasteiger partial charge on any atom is 0.472 e. The van der Waals surface area contributed by atoms with Crippen LogP contribution in [-0.4, -0.2) is 108 Å². The molecule has 8 unspecified atom stereocenters. The van der Waals surface area contributed by atoms with E-state index in [1.807, 2.05) is 0 Å². The average Bonchev–Trinajstić information content (AvgIpc) is 3.32. The van der Waals surface area contributed by atoms with Crippen LogP contribution < -0.4 is 5.32 Å². The molecule has 0 aromatic carbocycles. The highest BCUT2D eigenvalue weighted by Crippen LogP contribution is 2.47. The van der Waals surface area contributed by atoms with E-state index in [1.165, 1.54) is 167 Å². The van der Waals surface area contributed by atoms with Gasteiger partial charge in [-0.15, -0.1) is 0 Å². The number of amides is 1. The van der Waals surface area contributed by atoms with Gasteiger partial charge in [0, 0.05) is 0 Å². The predicted molar refractivity (Wildman–Crippen MR) is 280 cm³/mol. The third-order valence-corrected chi connectivity index (χ3v) is 14.8. The minimum atomic E-state index is -5.15. The van der Waals surface area contributed by atoms with Gasteiger partial charge < -0.3 is 46.0 Å². The number of allylic oxidation sites excluding steroid dienone is 3. The average molecular weight is 1000 g/mol. The molecule has 1 aliphatic rings. The number of unbranched alkanes of at least 4 members (excludes halogenated alkanes) is 33. The highest BCUT2D eigenvalue weighted by molar-refractivity contribution is 7.47. The fraction of sp³-hybridized carbons (Fsp3) is 0.909. The summed E-state index contributed by atoms with van der Waals surface area (Å²) in [6.45, 7) is 3.78. The van der Waals surface area contributed by atoms with Gasteiger partial charge in [0.25, 0.3) is 0 Å². The Hall–Kier alpha value is -1.22. The summed E-state index contributed by atoms with van der Waals surface area (Å²) in [6.07, 6.45) is 38.3. The smallest absolute Gasteiger partial charge is 0.393 e. The summed E-state index contributed by atoms with van der Waals surface area (Å²) in [5.74, 6) is -0.594. The first-order valence-corrected chi connectivity index (χ1v) is 29.9. The Bertz CT molecular complexity index is 1270. The van der Waals surface area contributed by atoms with Gasteiger partial charge >= 0.3 is 7.82 Å². The van der Waals surface area contributed by atoms with Crippen molar-refractivity contribution >= 4 is 13.7 Å². The number of carbonyl (C=O) groups excluding carboxylic acids is 1. The number of hydrogen-bond donors (Lipinski definition) is 9. The molecular weight excluding hydrogens is 898 g/mol. The Morgan fingerprint density at radius 3 is 1.23 bits per heavy atom. The minimum absolute atomic E-state index is 0.248. The Morgan fingerprint density at radius 1 is 0.507 bits per heavy atom. The molecule has 0 aliphatic heterocycles. The van der Waals surface area contributed by atoms with Gasteiger partial charge in [-0.25, -0.2) is 4.57 Å². The molecule has 408 valence electrons. The molecule has 1 aliphatic carbocycles. The van der Waals surface area contributed by atoms with Gasteiger partial charge in [0.2, 0.25) is 5.91 Å². The Labute approximate surface area is 420 Å². The van der Waals surface area contributed by atoms with Crippen molar-refractivity contribution in [2.75, 3.05) is 6.61 Å². The molecule has 0 spiro atoms. The Balaban J connectivity index is 2.44. The van der Waals surface area contributed by atoms with Crippen LogP contribution in [0.25, 0.3) is 0 Å². The third-order valence-electron chi connectivity index (χ3n) is 13.8. The normalized spacial score (nSPS) is 22.1. The van der Waals surface area contributed by atoms with Gasteiger partial charge in [-0.2, -0.15) is 0 Å². The lowest BCUT2D eigenvalue weighted by Gasteiger charge is -2.41. The van der Waals surface area contributed by atoms with Crippen molar-refractivity contribution in [2.24, 2.45) is 0 Å². The van der Waals surface area contributed by atoms with Crippen LogP contribution in [0.3, 0.4) is 0 Å². The number of aliphatic hydroxyl groups is 7. The summed E-state index contributed by atoms with van der Waals surface area (Å²) in [5.41, 5.74) is 0. The van der Waals surface area contributed by atoms with Crippen LogP contribution in [0.1, 0.15) is 258 Å². The summed E-state index contributed by atoms with van der Waals surface area (Å²) < 4.78 is 23.0. The number of phosphoric ester groups is 1. The monoisotopic (exact) mass is 1000 g/mol. The topological polar surface area (TPSA) is 226 Å². The first-order valence-electron chi connectivity index (χ1n) is 28.4. The summed E-state index contributed by atoms with van der Waals surface area (Å²) in [6, 6.07) is -1.24. The van der Waals surface area contributed by atoms with E-state index in [0.29, 0.717) is 12.8 Å². The maximum absolute atomic E-state index is 13.1. The van der Waals surface area contributed by atoms with Crippen molar-refractivity contribution in [2.45, 2.75) is 313 Å². The molecule has 14 heteroatoms. The summed E-state index contributed by atoms with van der Waals surface area (Å²) in [7, 11) is -5.15. The van der Waals surface area contributed by atoms with Gasteiger partial charge in [-0.3, -0.25) is 13.8 Å². The molecule has 0 heterocycles. The fourth-order valence-corrected chi connectivity index (χ4v) is 10.1. The second-order valence-electron chi connectivity index (χ2n) is 20.3. The lowest BCUT2D eigenvalue weighted by molar-refractivity contribution is -0.220. The highest BCUT2D eigenvalue weighted by Gasteiger charge is 2.51. The van der Waals surface area contributed by atoms with E-state index in [4.69, 9.17) is 9.05 Å². The van der Waals surface area contributed by atoms with E-state index in [0.717, 1.165) is 64.2 Å². The number of aliphatic hydroxyl groups excluding tert-OH is 7. The molecule has 1 saturated carbocycles. The van der Waals surface area contributed by atoms with Crippen molar-refractivity contribution in [1.29, 1.82) is 0 Å². The van der Waals surface area contributed by atoms with E-state index in [1.54, 1.807) is 6.08 Å². The first-order chi connectivity index (χ1) is 33.3. The molecule has 69 heavy (non-hydrogen) atoms. The molecule has 1 rings (SSSR count). The molecule has 0 aromatic heterocycles. The standard InChI is InChI=1S/C55H106NO12P/c1-3-5-7-9-11-13-15-17-19-21-23-25-27-29-31-33-35-37-39-41-43-48(58)47(45-67-69(65,66)68-55-53(63)51(61)50(60)52(62)54(55)64)56-49(59)44-46(57)42-40-38-36-34-32-30-28-26-24-22-20-18-16-14-12-10-8-6-4-2/h26,28,41,43,46-48,50-55,57-58,60-64H,3-25,27,29-40,42,44-45H2,1-2H3,(H,56,59)(H,65,66)/b28-26-,43-41+. The molecule has 0 aromatic rings. The summed E-state index contributed by atoms with van der Waals surface area (Å²) in [5, 5.41) is 74.8. The van der Waals surface area contributed by atoms with E-state index < -0.39 is 75.2 Å². The van der Waals surface area contributed by atoms with E-state index in [2.05, 4.69) is 31.3 Å². The first kappa shape index (κ1) is 65.8. The fourth-order valence-electron chi connectivity index (χ4n) is 9.18. The van der Waals surface area contributed by atoms with E-state index in [-0.39, 0.29) is 6.42 Å². The van der Waals surface area contributed by atoms with E-state index >= 15 is 0 Å². The Kier molecular flexibility index (Phi) is 42.2. The van der Waals surface area contributed by atoms with Gasteiger partial charge in [0.15, 0.2) is 0 Å². The molecule has 1 amide bonds. The van der Waals surface area contributed by atoms with Crippen LogP contribution in [0.15, 0.2) is 24.3 Å². The van der Waals surface area contributed by atoms with Gasteiger partial charge in [-0.1, -0.05) is 231 Å². The maximum atomic E-state index is 13.1. The quantitative estimate of drug-likeness (QED) is 0.0158. The zero-order valence-corrected chi connectivity index (χ0v) is 44.6. The van der Waals surface area contributed by atoms with E-state index in [9.17, 15) is 50.0 Å². The molecule has 1 fully saturated rings. The molecule has 0 saturated heterocycles. The Morgan fingerprint density at radius 2 is 0.841 bits per heavy atom. The van der Waals surface area contributed by atoms with Crippen LogP contribution >= 0.6 is 7.82 Å². The lowest BCUT2D eigenvalue weighted by Crippen LogP contribution is -2.64. The van der Waals surface area contributed by atoms with Gasteiger partial charge in [-0.05, 0) is 44.9 Å². The van der Waals surface area contributed by atoms with Gasteiger partial charge in [0.05, 0.1) is 31.3 Å². The van der Waals surface area contributed by atoms with Crippen molar-refractivity contribution in [3.05, 3.63) is 24.3 Å². The van der Waals surface area contributed by atoms with Crippen LogP contribution in [-0.2, 0) is 18.4 Å². The van der Waals surface area contributed by atoms with Crippen molar-refractivity contribution in [1.82, 2.24) is 5.32 Å². The molecule has 13 nitrogen and oxygen atoms in total. The molecule has 9 N–H and O–H groups in total.